The topological polar surface area (TPSA) is 138 Å². The number of rotatable bonds is 8. The van der Waals surface area contributed by atoms with Crippen LogP contribution in [0.25, 0.3) is 0 Å². The SMILES string of the molecule is CCCCOc1noc2c1C(=O)[C@@]1(O[Si](C)(C)C(C)(C)C)C(O)=C3C(=O)c4c(OC(=O)OC(C)(C)C)c(Br)c(Br)c(F)c4[C@H](C)[C@H]3C[C@H]1[C@@H]2N(C)C. The molecule has 3 aliphatic carbocycles. The molecule has 286 valence electrons. The molecule has 0 fully saturated rings. The number of aliphatic hydroxyl groups excluding tert-OH is 1. The molecule has 11 nitrogen and oxygen atoms in total. The van der Waals surface area contributed by atoms with Gasteiger partial charge in [0.2, 0.25) is 5.78 Å². The lowest BCUT2D eigenvalue weighted by Gasteiger charge is -2.55. The van der Waals surface area contributed by atoms with Crippen LogP contribution in [0.1, 0.15) is 119 Å². The van der Waals surface area contributed by atoms with Crippen molar-refractivity contribution in [3.63, 3.8) is 0 Å². The van der Waals surface area contributed by atoms with Gasteiger partial charge in [0.15, 0.2) is 31.2 Å². The minimum absolute atomic E-state index is 0.00513. The van der Waals surface area contributed by atoms with Gasteiger partial charge in [0.05, 0.1) is 27.2 Å². The van der Waals surface area contributed by atoms with Crippen molar-refractivity contribution in [1.29, 1.82) is 0 Å². The number of halogens is 3. The van der Waals surface area contributed by atoms with Crippen molar-refractivity contribution in [2.24, 2.45) is 11.8 Å². The van der Waals surface area contributed by atoms with Gasteiger partial charge in [-0.25, -0.2) is 9.18 Å². The van der Waals surface area contributed by atoms with E-state index in [0.717, 1.165) is 6.42 Å². The normalized spacial score (nSPS) is 24.7. The number of benzene rings is 1. The Balaban J connectivity index is 1.83. The molecule has 1 heterocycles. The van der Waals surface area contributed by atoms with Crippen LogP contribution in [0, 0.1) is 17.7 Å². The number of hydrogen-bond acceptors (Lipinski definition) is 11. The molecule has 2 aromatic rings. The Kier molecular flexibility index (Phi) is 10.9. The van der Waals surface area contributed by atoms with Crippen LogP contribution in [0.2, 0.25) is 18.1 Å². The smallest absolute Gasteiger partial charge is 0.508 e. The van der Waals surface area contributed by atoms with Crippen LogP contribution >= 0.6 is 31.9 Å². The first-order chi connectivity index (χ1) is 23.9. The highest BCUT2D eigenvalue weighted by Crippen LogP contribution is 2.62. The fraction of sp³-hybridized carbons (Fsp3) is 0.622. The number of allylic oxidation sites excluding steroid dienone is 1. The Hall–Kier alpha value is -2.59. The van der Waals surface area contributed by atoms with Gasteiger partial charge in [-0.2, -0.15) is 0 Å². The summed E-state index contributed by atoms with van der Waals surface area (Å²) in [6, 6.07) is -0.659. The van der Waals surface area contributed by atoms with Crippen molar-refractivity contribution in [3.8, 4) is 11.6 Å². The molecule has 0 saturated heterocycles. The molecule has 5 atom stereocenters. The van der Waals surface area contributed by atoms with Gasteiger partial charge >= 0.3 is 6.16 Å². The second kappa shape index (κ2) is 13.9. The number of fused-ring (bicyclic) bond motifs is 4. The molecular formula is C37H49Br2FN2O9Si. The van der Waals surface area contributed by atoms with E-state index in [9.17, 15) is 14.7 Å². The van der Waals surface area contributed by atoms with E-state index in [1.165, 1.54) is 0 Å². The number of unbranched alkanes of at least 4 members (excludes halogenated alkanes) is 1. The number of nitrogens with zero attached hydrogens (tertiary/aromatic N) is 2. The molecule has 3 aliphatic rings. The maximum absolute atomic E-state index is 16.4. The molecule has 1 aromatic heterocycles. The van der Waals surface area contributed by atoms with E-state index in [1.807, 2.05) is 59.8 Å². The van der Waals surface area contributed by atoms with Crippen molar-refractivity contribution in [2.45, 2.75) is 116 Å². The van der Waals surface area contributed by atoms with Crippen molar-refractivity contribution in [1.82, 2.24) is 10.1 Å². The zero-order chi connectivity index (χ0) is 39.0. The third kappa shape index (κ3) is 6.49. The molecule has 0 aliphatic heterocycles. The first kappa shape index (κ1) is 40.6. The van der Waals surface area contributed by atoms with E-state index >= 15 is 9.18 Å². The van der Waals surface area contributed by atoms with Crippen molar-refractivity contribution < 1.29 is 47.0 Å². The zero-order valence-corrected chi connectivity index (χ0v) is 36.1. The number of ether oxygens (including phenoxy) is 3. The minimum Gasteiger partial charge on any atom is -0.508 e. The Morgan fingerprint density at radius 3 is 2.31 bits per heavy atom. The first-order valence-corrected chi connectivity index (χ1v) is 22.0. The number of carbonyl (C=O) groups is 3. The van der Waals surface area contributed by atoms with Crippen LogP contribution in [0.15, 0.2) is 24.8 Å². The molecule has 52 heavy (non-hydrogen) atoms. The van der Waals surface area contributed by atoms with Crippen LogP contribution in [0.5, 0.6) is 11.6 Å². The molecule has 0 bridgehead atoms. The number of ketones is 2. The van der Waals surface area contributed by atoms with Gasteiger partial charge in [0, 0.05) is 17.1 Å². The predicted octanol–water partition coefficient (Wildman–Crippen LogP) is 9.84. The molecule has 1 N–H and O–H groups in total. The summed E-state index contributed by atoms with van der Waals surface area (Å²) < 4.78 is 46.4. The molecule has 5 rings (SSSR count). The Labute approximate surface area is 322 Å². The number of carbonyl (C=O) groups excluding carboxylic acids is 3. The average molecular weight is 873 g/mol. The van der Waals surface area contributed by atoms with Gasteiger partial charge in [0.25, 0.3) is 5.88 Å². The summed E-state index contributed by atoms with van der Waals surface area (Å²) >= 11 is 6.59. The first-order valence-electron chi connectivity index (χ1n) is 17.6. The standard InChI is InChI=1S/C37H49Br2FN2O9Si/c1-13-14-15-47-33-23-30(50-41-33)27(42(9)10)19-16-18-17(2)20-22(29(25(39)24(38)26(20)40)48-34(46)49-35(3,4)5)28(43)21(18)31(44)37(19,32(23)45)51-52(11,12)36(6,7)8/h17-19,27,44H,13-16H2,1-12H3/t17-,18-,19+,27+,37+/m1/s1. The highest BCUT2D eigenvalue weighted by Gasteiger charge is 2.68. The Morgan fingerprint density at radius 2 is 1.75 bits per heavy atom. The van der Waals surface area contributed by atoms with E-state index in [0.29, 0.717) is 6.42 Å². The zero-order valence-electron chi connectivity index (χ0n) is 31.9. The molecular weight excluding hydrogens is 823 g/mol. The van der Waals surface area contributed by atoms with Gasteiger partial charge in [0.1, 0.15) is 22.7 Å². The van der Waals surface area contributed by atoms with Crippen LogP contribution in [0.4, 0.5) is 9.18 Å². The van der Waals surface area contributed by atoms with Crippen LogP contribution in [-0.4, -0.2) is 73.1 Å². The minimum atomic E-state index is -2.95. The van der Waals surface area contributed by atoms with E-state index < -0.39 is 77.7 Å². The summed E-state index contributed by atoms with van der Waals surface area (Å²) in [7, 11) is 0.709. The quantitative estimate of drug-likeness (QED) is 0.0892. The van der Waals surface area contributed by atoms with Gasteiger partial charge in [-0.05, 0) is 115 Å². The molecule has 0 radical (unpaired) electrons. The highest BCUT2D eigenvalue weighted by molar-refractivity contribution is 9.13. The van der Waals surface area contributed by atoms with Gasteiger partial charge in [-0.1, -0.05) is 41.0 Å². The lowest BCUT2D eigenvalue weighted by atomic mass is 9.56. The lowest BCUT2D eigenvalue weighted by Crippen LogP contribution is -2.65. The lowest BCUT2D eigenvalue weighted by molar-refractivity contribution is -0.0495. The second-order valence-electron chi connectivity index (χ2n) is 16.7. The second-order valence-corrected chi connectivity index (χ2v) is 23.0. The largest absolute Gasteiger partial charge is 0.514 e. The van der Waals surface area contributed by atoms with E-state index in [-0.39, 0.29) is 61.6 Å². The Bertz CT molecular complexity index is 1840. The van der Waals surface area contributed by atoms with E-state index in [2.05, 4.69) is 37.0 Å². The number of aromatic nitrogens is 1. The fourth-order valence-corrected chi connectivity index (χ4v) is 9.66. The van der Waals surface area contributed by atoms with Crippen LogP contribution < -0.4 is 9.47 Å². The third-order valence-electron chi connectivity index (χ3n) is 10.8. The molecule has 0 saturated carbocycles. The summed E-state index contributed by atoms with van der Waals surface area (Å²) in [5, 5.41) is 16.6. The molecule has 0 spiro atoms. The van der Waals surface area contributed by atoms with Crippen molar-refractivity contribution >= 4 is 57.9 Å². The van der Waals surface area contributed by atoms with Crippen molar-refractivity contribution in [2.75, 3.05) is 20.7 Å². The van der Waals surface area contributed by atoms with Gasteiger partial charge in [-0.15, -0.1) is 0 Å². The number of hydrogen-bond donors (Lipinski definition) is 1. The average Bonchev–Trinajstić information content (AvgIpc) is 3.43. The monoisotopic (exact) mass is 870 g/mol. The van der Waals surface area contributed by atoms with Crippen LogP contribution in [-0.2, 0) is 9.16 Å². The molecule has 0 unspecified atom stereocenters. The van der Waals surface area contributed by atoms with Gasteiger partial charge in [-0.3, -0.25) is 14.5 Å². The maximum Gasteiger partial charge on any atom is 0.514 e. The Morgan fingerprint density at radius 1 is 1.12 bits per heavy atom. The van der Waals surface area contributed by atoms with Gasteiger partial charge < -0.3 is 28.3 Å². The molecule has 1 aromatic carbocycles. The molecule has 0 amide bonds. The van der Waals surface area contributed by atoms with E-state index in [4.69, 9.17) is 23.2 Å². The van der Waals surface area contributed by atoms with Crippen LogP contribution in [0.3, 0.4) is 0 Å². The summed E-state index contributed by atoms with van der Waals surface area (Å²) in [6.07, 6.45) is 0.580. The van der Waals surface area contributed by atoms with Crippen molar-refractivity contribution in [3.05, 3.63) is 48.5 Å². The number of aliphatic hydroxyl groups is 1. The summed E-state index contributed by atoms with van der Waals surface area (Å²) in [4.78, 5) is 45.2. The summed E-state index contributed by atoms with van der Waals surface area (Å²) in [6.45, 7) is 19.0. The maximum atomic E-state index is 16.4. The summed E-state index contributed by atoms with van der Waals surface area (Å²) in [5.41, 5.74) is -3.29. The third-order valence-corrected chi connectivity index (χ3v) is 17.3. The predicted molar refractivity (Wildman–Crippen MR) is 201 cm³/mol. The highest BCUT2D eigenvalue weighted by atomic mass is 79.9. The molecule has 15 heteroatoms. The number of Topliss-reactive ketones (excluding diaryl/α,β-unsaturated/α-hetero) is 2. The fourth-order valence-electron chi connectivity index (χ4n) is 7.36. The van der Waals surface area contributed by atoms with E-state index in [1.54, 1.807) is 27.7 Å². The summed E-state index contributed by atoms with van der Waals surface area (Å²) in [5.74, 6) is -4.97.